The number of nitrogens with zero attached hydrogens (tertiary/aromatic N) is 1. The van der Waals surface area contributed by atoms with Crippen LogP contribution in [0.3, 0.4) is 0 Å². The van der Waals surface area contributed by atoms with Crippen molar-refractivity contribution in [1.82, 2.24) is 4.98 Å². The molecule has 0 bridgehead atoms. The highest BCUT2D eigenvalue weighted by Gasteiger charge is 1.93. The van der Waals surface area contributed by atoms with Crippen LogP contribution in [0, 0.1) is 13.8 Å². The van der Waals surface area contributed by atoms with E-state index in [4.69, 9.17) is 0 Å². The molecular formula is C13H17N. The molecule has 0 fully saturated rings. The van der Waals surface area contributed by atoms with Crippen LogP contribution in [0.4, 0.5) is 0 Å². The number of benzene rings is 1. The van der Waals surface area contributed by atoms with E-state index in [2.05, 4.69) is 36.2 Å². The van der Waals surface area contributed by atoms with E-state index >= 15 is 0 Å². The molecule has 0 aliphatic rings. The van der Waals surface area contributed by atoms with Gasteiger partial charge in [-0.25, -0.2) is 0 Å². The van der Waals surface area contributed by atoms with E-state index in [-0.39, 0.29) is 0 Å². The summed E-state index contributed by atoms with van der Waals surface area (Å²) in [7, 11) is 0. The van der Waals surface area contributed by atoms with Gasteiger partial charge in [-0.15, -0.1) is 0 Å². The van der Waals surface area contributed by atoms with Crippen molar-refractivity contribution in [3.05, 3.63) is 41.7 Å². The second-order valence-electron chi connectivity index (χ2n) is 3.18. The predicted octanol–water partition coefficient (Wildman–Crippen LogP) is 3.88. The molecule has 0 aliphatic carbocycles. The Morgan fingerprint density at radius 3 is 2.36 bits per heavy atom. The zero-order chi connectivity index (χ0) is 10.6. The van der Waals surface area contributed by atoms with E-state index in [9.17, 15) is 0 Å². The minimum atomic E-state index is 1.08. The van der Waals surface area contributed by atoms with Gasteiger partial charge in [0.25, 0.3) is 0 Å². The van der Waals surface area contributed by atoms with E-state index in [1.54, 1.807) is 0 Å². The number of pyridine rings is 1. The topological polar surface area (TPSA) is 12.9 Å². The molecule has 0 atom stereocenters. The number of rotatable bonds is 0. The molecule has 0 N–H and O–H groups in total. The summed E-state index contributed by atoms with van der Waals surface area (Å²) in [6, 6.07) is 8.53. The Hall–Kier alpha value is -1.37. The lowest BCUT2D eigenvalue weighted by Gasteiger charge is -1.99. The molecule has 1 heterocycles. The lowest BCUT2D eigenvalue weighted by atomic mass is 10.1. The summed E-state index contributed by atoms with van der Waals surface area (Å²) in [5.74, 6) is 0. The molecule has 0 amide bonds. The summed E-state index contributed by atoms with van der Waals surface area (Å²) in [5, 5.41) is 2.49. The Balaban J connectivity index is 0.000000461. The Kier molecular flexibility index (Phi) is 3.63. The third-order valence-electron chi connectivity index (χ3n) is 2.01. The number of aromatic nitrogens is 1. The number of hydrogen-bond acceptors (Lipinski definition) is 1. The van der Waals surface area contributed by atoms with Crippen molar-refractivity contribution in [2.75, 3.05) is 0 Å². The van der Waals surface area contributed by atoms with Crippen LogP contribution in [-0.2, 0) is 0 Å². The number of fused-ring (bicyclic) bond motifs is 1. The Morgan fingerprint density at radius 2 is 1.64 bits per heavy atom. The van der Waals surface area contributed by atoms with Crippen molar-refractivity contribution >= 4 is 10.8 Å². The molecule has 0 saturated carbocycles. The molecule has 2 aromatic rings. The van der Waals surface area contributed by atoms with Crippen LogP contribution in [0.5, 0.6) is 0 Å². The molecule has 1 nitrogen and oxygen atoms in total. The molecule has 1 aromatic carbocycles. The summed E-state index contributed by atoms with van der Waals surface area (Å²) in [5.41, 5.74) is 2.36. The van der Waals surface area contributed by atoms with E-state index in [1.807, 2.05) is 27.0 Å². The van der Waals surface area contributed by atoms with Crippen molar-refractivity contribution in [3.8, 4) is 0 Å². The van der Waals surface area contributed by atoms with E-state index in [0.29, 0.717) is 0 Å². The standard InChI is InChI=1S/C11H11N.C2H6/c1-8-3-4-10-6-9(2)12-7-11(10)5-8;1-2/h3-7H,1-2H3;1-2H3. The first-order chi connectivity index (χ1) is 6.75. The highest BCUT2D eigenvalue weighted by atomic mass is 14.6. The third kappa shape index (κ3) is 2.32. The van der Waals surface area contributed by atoms with Gasteiger partial charge < -0.3 is 0 Å². The quantitative estimate of drug-likeness (QED) is 0.610. The molecule has 1 aromatic heterocycles. The number of hydrogen-bond donors (Lipinski definition) is 0. The van der Waals surface area contributed by atoms with E-state index in [1.165, 1.54) is 16.3 Å². The molecular weight excluding hydrogens is 170 g/mol. The highest BCUT2D eigenvalue weighted by Crippen LogP contribution is 2.14. The fourth-order valence-electron chi connectivity index (χ4n) is 1.37. The summed E-state index contributed by atoms with van der Waals surface area (Å²) in [6.45, 7) is 8.11. The Bertz CT molecular complexity index is 377. The monoisotopic (exact) mass is 187 g/mol. The van der Waals surface area contributed by atoms with Crippen LogP contribution in [0.25, 0.3) is 10.8 Å². The van der Waals surface area contributed by atoms with Crippen molar-refractivity contribution in [1.29, 1.82) is 0 Å². The SMILES string of the molecule is CC.Cc1ccc2cc(C)ncc2c1. The predicted molar refractivity (Wildman–Crippen MR) is 62.6 cm³/mol. The zero-order valence-corrected chi connectivity index (χ0v) is 9.33. The van der Waals surface area contributed by atoms with Gasteiger partial charge in [0.1, 0.15) is 0 Å². The molecule has 0 unspecified atom stereocenters. The van der Waals surface area contributed by atoms with Crippen LogP contribution < -0.4 is 0 Å². The van der Waals surface area contributed by atoms with Crippen LogP contribution >= 0.6 is 0 Å². The van der Waals surface area contributed by atoms with Gasteiger partial charge in [0.05, 0.1) is 0 Å². The minimum Gasteiger partial charge on any atom is -0.261 e. The van der Waals surface area contributed by atoms with Crippen LogP contribution in [0.15, 0.2) is 30.5 Å². The normalized spacial score (nSPS) is 9.43. The minimum absolute atomic E-state index is 1.08. The maximum absolute atomic E-state index is 4.25. The van der Waals surface area contributed by atoms with Gasteiger partial charge in [-0.1, -0.05) is 31.5 Å². The molecule has 0 spiro atoms. The summed E-state index contributed by atoms with van der Waals surface area (Å²) >= 11 is 0. The fourth-order valence-corrected chi connectivity index (χ4v) is 1.37. The number of aryl methyl sites for hydroxylation is 2. The molecule has 1 heteroatoms. The molecule has 0 aliphatic heterocycles. The zero-order valence-electron chi connectivity index (χ0n) is 9.33. The Morgan fingerprint density at radius 1 is 0.929 bits per heavy atom. The second kappa shape index (κ2) is 4.75. The lowest BCUT2D eigenvalue weighted by molar-refractivity contribution is 1.22. The maximum Gasteiger partial charge on any atom is 0.0379 e. The van der Waals surface area contributed by atoms with Crippen molar-refractivity contribution in [2.45, 2.75) is 27.7 Å². The second-order valence-corrected chi connectivity index (χ2v) is 3.18. The highest BCUT2D eigenvalue weighted by molar-refractivity contribution is 5.82. The molecule has 0 radical (unpaired) electrons. The van der Waals surface area contributed by atoms with Gasteiger partial charge >= 0.3 is 0 Å². The lowest BCUT2D eigenvalue weighted by Crippen LogP contribution is -1.81. The average molecular weight is 187 g/mol. The third-order valence-corrected chi connectivity index (χ3v) is 2.01. The van der Waals surface area contributed by atoms with Crippen molar-refractivity contribution in [3.63, 3.8) is 0 Å². The smallest absolute Gasteiger partial charge is 0.0379 e. The van der Waals surface area contributed by atoms with Gasteiger partial charge in [0.15, 0.2) is 0 Å². The van der Waals surface area contributed by atoms with Gasteiger partial charge in [0.2, 0.25) is 0 Å². The van der Waals surface area contributed by atoms with E-state index in [0.717, 1.165) is 5.69 Å². The molecule has 74 valence electrons. The van der Waals surface area contributed by atoms with Gasteiger partial charge in [-0.3, -0.25) is 4.98 Å². The molecule has 2 rings (SSSR count). The van der Waals surface area contributed by atoms with Crippen molar-refractivity contribution < 1.29 is 0 Å². The summed E-state index contributed by atoms with van der Waals surface area (Å²) in [4.78, 5) is 4.25. The van der Waals surface area contributed by atoms with E-state index < -0.39 is 0 Å². The van der Waals surface area contributed by atoms with Gasteiger partial charge in [-0.2, -0.15) is 0 Å². The van der Waals surface area contributed by atoms with Gasteiger partial charge in [-0.05, 0) is 31.4 Å². The largest absolute Gasteiger partial charge is 0.261 e. The first kappa shape index (κ1) is 10.7. The first-order valence-electron chi connectivity index (χ1n) is 5.09. The molecule has 14 heavy (non-hydrogen) atoms. The van der Waals surface area contributed by atoms with Crippen LogP contribution in [-0.4, -0.2) is 4.98 Å². The average Bonchev–Trinajstić information content (AvgIpc) is 2.21. The molecule has 0 saturated heterocycles. The first-order valence-corrected chi connectivity index (χ1v) is 5.09. The van der Waals surface area contributed by atoms with Crippen LogP contribution in [0.1, 0.15) is 25.1 Å². The van der Waals surface area contributed by atoms with Gasteiger partial charge in [0, 0.05) is 17.3 Å². The van der Waals surface area contributed by atoms with Crippen molar-refractivity contribution in [2.24, 2.45) is 0 Å². The Labute approximate surface area is 85.8 Å². The fraction of sp³-hybridized carbons (Fsp3) is 0.308. The maximum atomic E-state index is 4.25. The van der Waals surface area contributed by atoms with Crippen LogP contribution in [0.2, 0.25) is 0 Å². The summed E-state index contributed by atoms with van der Waals surface area (Å²) in [6.07, 6.45) is 1.93. The summed E-state index contributed by atoms with van der Waals surface area (Å²) < 4.78 is 0.